The van der Waals surface area contributed by atoms with E-state index < -0.39 is 10.0 Å². The molecule has 0 spiro atoms. The predicted octanol–water partition coefficient (Wildman–Crippen LogP) is 4.19. The van der Waals surface area contributed by atoms with Crippen LogP contribution in [0.5, 0.6) is 5.75 Å². The number of methoxy groups -OCH3 is 1. The molecule has 4 aromatic rings. The number of nitrogens with one attached hydrogen (secondary N) is 2. The van der Waals surface area contributed by atoms with Crippen LogP contribution < -0.4 is 14.8 Å². The van der Waals surface area contributed by atoms with E-state index in [4.69, 9.17) is 9.72 Å². The smallest absolute Gasteiger partial charge is 0.262 e. The Hall–Kier alpha value is -3.85. The summed E-state index contributed by atoms with van der Waals surface area (Å²) < 4.78 is 35.3. The van der Waals surface area contributed by atoms with Crippen LogP contribution in [0.15, 0.2) is 71.6 Å². The zero-order valence-electron chi connectivity index (χ0n) is 19.4. The highest BCUT2D eigenvalue weighted by Gasteiger charge is 2.17. The Balaban J connectivity index is 1.62. The molecule has 0 saturated heterocycles. The van der Waals surface area contributed by atoms with Crippen molar-refractivity contribution in [2.75, 3.05) is 11.8 Å². The largest absolute Gasteiger partial charge is 0.497 e. The molecule has 0 atom stereocenters. The zero-order chi connectivity index (χ0) is 24.5. The number of hydrogen-bond donors (Lipinski definition) is 2. The Kier molecular flexibility index (Phi) is 6.30. The molecule has 0 aliphatic rings. The van der Waals surface area contributed by atoms with Gasteiger partial charge in [-0.05, 0) is 56.3 Å². The van der Waals surface area contributed by atoms with Gasteiger partial charge in [0, 0.05) is 30.3 Å². The molecular formula is C25H26N4O4S. The van der Waals surface area contributed by atoms with E-state index in [1.165, 1.54) is 19.2 Å². The fourth-order valence-corrected chi connectivity index (χ4v) is 4.70. The Bertz CT molecular complexity index is 1460. The van der Waals surface area contributed by atoms with Crippen LogP contribution in [0.1, 0.15) is 24.2 Å². The number of rotatable bonds is 7. The van der Waals surface area contributed by atoms with Crippen molar-refractivity contribution in [3.05, 3.63) is 72.3 Å². The van der Waals surface area contributed by atoms with E-state index in [0.29, 0.717) is 28.3 Å². The lowest BCUT2D eigenvalue weighted by molar-refractivity contribution is 0.0943. The summed E-state index contributed by atoms with van der Waals surface area (Å²) in [6, 6.07) is 18.8. The van der Waals surface area contributed by atoms with Gasteiger partial charge in [-0.2, -0.15) is 0 Å². The van der Waals surface area contributed by atoms with Crippen molar-refractivity contribution in [1.29, 1.82) is 0 Å². The average molecular weight is 479 g/mol. The lowest BCUT2D eigenvalue weighted by Crippen LogP contribution is -2.29. The third kappa shape index (κ3) is 4.74. The van der Waals surface area contributed by atoms with Crippen molar-refractivity contribution in [1.82, 2.24) is 14.9 Å². The molecule has 0 fully saturated rings. The van der Waals surface area contributed by atoms with Gasteiger partial charge in [0.1, 0.15) is 11.6 Å². The van der Waals surface area contributed by atoms with Crippen LogP contribution in [0, 0.1) is 0 Å². The molecule has 1 amide bonds. The maximum Gasteiger partial charge on any atom is 0.262 e. The molecule has 4 rings (SSSR count). The summed E-state index contributed by atoms with van der Waals surface area (Å²) in [4.78, 5) is 17.0. The Labute approximate surface area is 198 Å². The first kappa shape index (κ1) is 23.3. The molecule has 2 N–H and O–H groups in total. The Morgan fingerprint density at radius 3 is 2.44 bits per heavy atom. The molecule has 0 saturated carbocycles. The molecule has 34 heavy (non-hydrogen) atoms. The molecule has 0 aliphatic heterocycles. The van der Waals surface area contributed by atoms with Crippen molar-refractivity contribution in [3.8, 4) is 17.1 Å². The van der Waals surface area contributed by atoms with Gasteiger partial charge in [-0.1, -0.05) is 18.2 Å². The minimum atomic E-state index is -3.79. The van der Waals surface area contributed by atoms with Crippen molar-refractivity contribution >= 4 is 32.7 Å². The number of aromatic nitrogens is 2. The standard InChI is InChI=1S/C25H26N4O4S/c1-16(2)26-25(30)18-10-8-17(9-11-18)24-27-22-14-19(12-13-23(22)29(24)3)28-34(31,32)21-7-5-6-20(15-21)33-4/h5-16,28H,1-4H3,(H,26,30). The highest BCUT2D eigenvalue weighted by Crippen LogP contribution is 2.27. The second kappa shape index (κ2) is 9.18. The second-order valence-electron chi connectivity index (χ2n) is 8.19. The van der Waals surface area contributed by atoms with E-state index in [9.17, 15) is 13.2 Å². The molecule has 1 aromatic heterocycles. The normalized spacial score (nSPS) is 11.6. The summed E-state index contributed by atoms with van der Waals surface area (Å²) in [6.07, 6.45) is 0. The van der Waals surface area contributed by atoms with E-state index >= 15 is 0 Å². The maximum atomic E-state index is 12.8. The third-order valence-corrected chi connectivity index (χ3v) is 6.69. The number of sulfonamides is 1. The number of ether oxygens (including phenoxy) is 1. The van der Waals surface area contributed by atoms with Crippen LogP contribution in [0.4, 0.5) is 5.69 Å². The molecule has 0 unspecified atom stereocenters. The number of benzene rings is 3. The van der Waals surface area contributed by atoms with Crippen molar-refractivity contribution < 1.29 is 17.9 Å². The summed E-state index contributed by atoms with van der Waals surface area (Å²) in [5.41, 5.74) is 3.32. The first-order valence-electron chi connectivity index (χ1n) is 10.7. The lowest BCUT2D eigenvalue weighted by Gasteiger charge is -2.09. The molecule has 176 valence electrons. The molecule has 0 aliphatic carbocycles. The molecule has 1 heterocycles. The molecular weight excluding hydrogens is 452 g/mol. The average Bonchev–Trinajstić information content (AvgIpc) is 3.14. The number of nitrogens with zero attached hydrogens (tertiary/aromatic N) is 2. The Morgan fingerprint density at radius 1 is 1.03 bits per heavy atom. The molecule has 3 aromatic carbocycles. The van der Waals surface area contributed by atoms with Crippen molar-refractivity contribution in [2.45, 2.75) is 24.8 Å². The number of aryl methyl sites for hydroxylation is 1. The van der Waals surface area contributed by atoms with Crippen LogP contribution in [0.2, 0.25) is 0 Å². The summed E-state index contributed by atoms with van der Waals surface area (Å²) in [7, 11) is -0.415. The van der Waals surface area contributed by atoms with Crippen molar-refractivity contribution in [2.24, 2.45) is 7.05 Å². The van der Waals surface area contributed by atoms with Crippen LogP contribution in [0.25, 0.3) is 22.4 Å². The highest BCUT2D eigenvalue weighted by molar-refractivity contribution is 7.92. The van der Waals surface area contributed by atoms with E-state index in [0.717, 1.165) is 11.1 Å². The maximum absolute atomic E-state index is 12.8. The quantitative estimate of drug-likeness (QED) is 0.415. The third-order valence-electron chi connectivity index (χ3n) is 5.31. The van der Waals surface area contributed by atoms with E-state index in [2.05, 4.69) is 10.0 Å². The van der Waals surface area contributed by atoms with Gasteiger partial charge in [0.2, 0.25) is 0 Å². The van der Waals surface area contributed by atoms with E-state index in [-0.39, 0.29) is 16.8 Å². The summed E-state index contributed by atoms with van der Waals surface area (Å²) in [5.74, 6) is 1.04. The zero-order valence-corrected chi connectivity index (χ0v) is 20.2. The van der Waals surface area contributed by atoms with E-state index in [1.807, 2.05) is 43.7 Å². The van der Waals surface area contributed by atoms with Crippen LogP contribution in [-0.4, -0.2) is 37.0 Å². The SMILES string of the molecule is COc1cccc(S(=O)(=O)Nc2ccc3c(c2)nc(-c2ccc(C(=O)NC(C)C)cc2)n3C)c1. The number of carbonyl (C=O) groups is 1. The minimum absolute atomic E-state index is 0.0579. The number of imidazole rings is 1. The Morgan fingerprint density at radius 2 is 1.76 bits per heavy atom. The number of hydrogen-bond acceptors (Lipinski definition) is 5. The summed E-state index contributed by atoms with van der Waals surface area (Å²) >= 11 is 0. The second-order valence-corrected chi connectivity index (χ2v) is 9.87. The van der Waals surface area contributed by atoms with Gasteiger partial charge in [-0.3, -0.25) is 9.52 Å². The van der Waals surface area contributed by atoms with Gasteiger partial charge < -0.3 is 14.6 Å². The van der Waals surface area contributed by atoms with Crippen molar-refractivity contribution in [3.63, 3.8) is 0 Å². The van der Waals surface area contributed by atoms with Gasteiger partial charge in [0.25, 0.3) is 15.9 Å². The number of fused-ring (bicyclic) bond motifs is 1. The topological polar surface area (TPSA) is 102 Å². The summed E-state index contributed by atoms with van der Waals surface area (Å²) in [5, 5.41) is 2.87. The van der Waals surface area contributed by atoms with Gasteiger partial charge in [0.05, 0.1) is 28.7 Å². The summed E-state index contributed by atoms with van der Waals surface area (Å²) in [6.45, 7) is 3.83. The van der Waals surface area contributed by atoms with Crippen LogP contribution in [0.3, 0.4) is 0 Å². The molecule has 9 heteroatoms. The fraction of sp³-hybridized carbons (Fsp3) is 0.200. The highest BCUT2D eigenvalue weighted by atomic mass is 32.2. The lowest BCUT2D eigenvalue weighted by atomic mass is 10.1. The van der Waals surface area contributed by atoms with Crippen LogP contribution in [-0.2, 0) is 17.1 Å². The minimum Gasteiger partial charge on any atom is -0.497 e. The first-order valence-corrected chi connectivity index (χ1v) is 12.2. The molecule has 8 nitrogen and oxygen atoms in total. The number of amides is 1. The van der Waals surface area contributed by atoms with Crippen LogP contribution >= 0.6 is 0 Å². The number of carbonyl (C=O) groups excluding carboxylic acids is 1. The predicted molar refractivity (Wildman–Crippen MR) is 133 cm³/mol. The molecule has 0 radical (unpaired) electrons. The first-order chi connectivity index (χ1) is 16.2. The molecule has 0 bridgehead atoms. The number of anilines is 1. The van der Waals surface area contributed by atoms with Gasteiger partial charge in [-0.15, -0.1) is 0 Å². The monoisotopic (exact) mass is 478 g/mol. The van der Waals surface area contributed by atoms with Gasteiger partial charge in [-0.25, -0.2) is 13.4 Å². The van der Waals surface area contributed by atoms with Gasteiger partial charge in [0.15, 0.2) is 0 Å². The fourth-order valence-electron chi connectivity index (χ4n) is 3.62. The van der Waals surface area contributed by atoms with E-state index in [1.54, 1.807) is 36.4 Å². The van der Waals surface area contributed by atoms with Gasteiger partial charge >= 0.3 is 0 Å².